The number of thiazole rings is 1. The van der Waals surface area contributed by atoms with Crippen LogP contribution in [0.4, 0.5) is 0 Å². The Morgan fingerprint density at radius 3 is 2.71 bits per heavy atom. The van der Waals surface area contributed by atoms with Crippen molar-refractivity contribution in [2.24, 2.45) is 11.7 Å². The zero-order valence-electron chi connectivity index (χ0n) is 13.5. The Balaban J connectivity index is 1.61. The number of ether oxygens (including phenoxy) is 1. The normalized spacial score (nSPS) is 15.3. The van der Waals surface area contributed by atoms with Gasteiger partial charge in [0, 0.05) is 30.1 Å². The number of likely N-dealkylation sites (tertiary alicyclic amines) is 1. The van der Waals surface area contributed by atoms with Crippen LogP contribution in [0.1, 0.15) is 23.5 Å². The summed E-state index contributed by atoms with van der Waals surface area (Å²) in [5.41, 5.74) is 6.21. The number of esters is 1. The minimum Gasteiger partial charge on any atom is -0.455 e. The van der Waals surface area contributed by atoms with Gasteiger partial charge < -0.3 is 15.4 Å². The SMILES string of the molecule is Cc1nc(CSCC(=O)OCC(=O)N2CCC(C(N)=O)CC2)cs1. The topological polar surface area (TPSA) is 103 Å². The smallest absolute Gasteiger partial charge is 0.316 e. The lowest BCUT2D eigenvalue weighted by atomic mass is 9.96. The molecule has 9 heteroatoms. The average molecular weight is 371 g/mol. The number of piperidine rings is 1. The van der Waals surface area contributed by atoms with E-state index in [2.05, 4.69) is 4.98 Å². The average Bonchev–Trinajstić information content (AvgIpc) is 2.98. The molecule has 0 saturated carbocycles. The van der Waals surface area contributed by atoms with Gasteiger partial charge in [0.25, 0.3) is 5.91 Å². The molecule has 1 aromatic rings. The number of hydrogen-bond donors (Lipinski definition) is 1. The lowest BCUT2D eigenvalue weighted by Crippen LogP contribution is -2.43. The number of primary amides is 1. The molecule has 0 spiro atoms. The van der Waals surface area contributed by atoms with E-state index < -0.39 is 5.97 Å². The third-order valence-corrected chi connectivity index (χ3v) is 5.51. The van der Waals surface area contributed by atoms with E-state index in [9.17, 15) is 14.4 Å². The second-order valence-corrected chi connectivity index (χ2v) is 7.62. The fraction of sp³-hybridized carbons (Fsp3) is 0.600. The van der Waals surface area contributed by atoms with Crippen LogP contribution in [0.3, 0.4) is 0 Å². The fourth-order valence-corrected chi connectivity index (χ4v) is 3.83. The number of carbonyl (C=O) groups is 3. The number of amides is 2. The van der Waals surface area contributed by atoms with E-state index in [-0.39, 0.29) is 30.1 Å². The lowest BCUT2D eigenvalue weighted by molar-refractivity contribution is -0.150. The molecular weight excluding hydrogens is 350 g/mol. The second-order valence-electron chi connectivity index (χ2n) is 5.57. The van der Waals surface area contributed by atoms with Gasteiger partial charge in [0.2, 0.25) is 5.91 Å². The fourth-order valence-electron chi connectivity index (χ4n) is 2.40. The van der Waals surface area contributed by atoms with Crippen molar-refractivity contribution in [3.8, 4) is 0 Å². The second kappa shape index (κ2) is 9.03. The molecular formula is C15H21N3O4S2. The molecule has 1 aliphatic rings. The van der Waals surface area contributed by atoms with Gasteiger partial charge in [-0.1, -0.05) is 0 Å². The van der Waals surface area contributed by atoms with Crippen molar-refractivity contribution in [2.45, 2.75) is 25.5 Å². The van der Waals surface area contributed by atoms with E-state index in [1.54, 1.807) is 16.2 Å². The standard InChI is InChI=1S/C15H21N3O4S2/c1-10-17-12(8-24-10)7-23-9-14(20)22-6-13(19)18-4-2-11(3-5-18)15(16)21/h8,11H,2-7,9H2,1H3,(H2,16,21). The highest BCUT2D eigenvalue weighted by atomic mass is 32.2. The first-order valence-electron chi connectivity index (χ1n) is 7.67. The van der Waals surface area contributed by atoms with Gasteiger partial charge in [-0.05, 0) is 19.8 Å². The summed E-state index contributed by atoms with van der Waals surface area (Å²) in [6, 6.07) is 0. The van der Waals surface area contributed by atoms with Crippen LogP contribution in [0.2, 0.25) is 0 Å². The van der Waals surface area contributed by atoms with Gasteiger partial charge in [-0.15, -0.1) is 23.1 Å². The maximum atomic E-state index is 12.0. The van der Waals surface area contributed by atoms with Crippen LogP contribution >= 0.6 is 23.1 Å². The first-order chi connectivity index (χ1) is 11.5. The molecule has 2 N–H and O–H groups in total. The van der Waals surface area contributed by atoms with Crippen LogP contribution in [0.5, 0.6) is 0 Å². The number of aromatic nitrogens is 1. The summed E-state index contributed by atoms with van der Waals surface area (Å²) in [5.74, 6) is -0.288. The third kappa shape index (κ3) is 5.79. The van der Waals surface area contributed by atoms with E-state index in [1.165, 1.54) is 11.8 Å². The number of thioether (sulfide) groups is 1. The van der Waals surface area contributed by atoms with E-state index in [4.69, 9.17) is 10.5 Å². The zero-order chi connectivity index (χ0) is 17.5. The minimum absolute atomic E-state index is 0.164. The van der Waals surface area contributed by atoms with Gasteiger partial charge in [0.05, 0.1) is 16.5 Å². The van der Waals surface area contributed by atoms with Gasteiger partial charge >= 0.3 is 5.97 Å². The third-order valence-electron chi connectivity index (χ3n) is 3.74. The van der Waals surface area contributed by atoms with Crippen LogP contribution in [-0.4, -0.2) is 53.1 Å². The van der Waals surface area contributed by atoms with E-state index in [1.807, 2.05) is 12.3 Å². The predicted octanol–water partition coefficient (Wildman–Crippen LogP) is 0.952. The monoisotopic (exact) mass is 371 g/mol. The molecule has 0 bridgehead atoms. The van der Waals surface area contributed by atoms with Crippen LogP contribution < -0.4 is 5.73 Å². The number of hydrogen-bond acceptors (Lipinski definition) is 7. The van der Waals surface area contributed by atoms with Crippen LogP contribution in [0.15, 0.2) is 5.38 Å². The summed E-state index contributed by atoms with van der Waals surface area (Å²) < 4.78 is 5.01. The Hall–Kier alpha value is -1.61. The molecule has 0 radical (unpaired) electrons. The zero-order valence-corrected chi connectivity index (χ0v) is 15.2. The molecule has 1 aromatic heterocycles. The highest BCUT2D eigenvalue weighted by Crippen LogP contribution is 2.17. The maximum Gasteiger partial charge on any atom is 0.316 e. The molecule has 132 valence electrons. The lowest BCUT2D eigenvalue weighted by Gasteiger charge is -2.30. The molecule has 1 saturated heterocycles. The molecule has 1 aliphatic heterocycles. The number of rotatable bonds is 7. The van der Waals surface area contributed by atoms with E-state index in [0.29, 0.717) is 31.7 Å². The summed E-state index contributed by atoms with van der Waals surface area (Å²) >= 11 is 2.99. The van der Waals surface area contributed by atoms with Gasteiger partial charge in [0.1, 0.15) is 0 Å². The van der Waals surface area contributed by atoms with Gasteiger partial charge in [0.15, 0.2) is 6.61 Å². The van der Waals surface area contributed by atoms with Crippen molar-refractivity contribution in [2.75, 3.05) is 25.4 Å². The van der Waals surface area contributed by atoms with Crippen molar-refractivity contribution in [1.82, 2.24) is 9.88 Å². The molecule has 1 fully saturated rings. The first-order valence-corrected chi connectivity index (χ1v) is 9.70. The van der Waals surface area contributed by atoms with Crippen molar-refractivity contribution in [1.29, 1.82) is 0 Å². The van der Waals surface area contributed by atoms with Crippen LogP contribution in [0.25, 0.3) is 0 Å². The van der Waals surface area contributed by atoms with Gasteiger partial charge in [-0.3, -0.25) is 14.4 Å². The molecule has 0 aromatic carbocycles. The molecule has 2 heterocycles. The van der Waals surface area contributed by atoms with Crippen molar-refractivity contribution >= 4 is 40.9 Å². The van der Waals surface area contributed by atoms with Crippen molar-refractivity contribution < 1.29 is 19.1 Å². The molecule has 7 nitrogen and oxygen atoms in total. The summed E-state index contributed by atoms with van der Waals surface area (Å²) in [6.07, 6.45) is 1.13. The Kier molecular flexibility index (Phi) is 7.04. The van der Waals surface area contributed by atoms with E-state index >= 15 is 0 Å². The minimum atomic E-state index is -0.410. The maximum absolute atomic E-state index is 12.0. The Morgan fingerprint density at radius 1 is 1.42 bits per heavy atom. The van der Waals surface area contributed by atoms with Crippen molar-refractivity contribution in [3.63, 3.8) is 0 Å². The Bertz CT molecular complexity index is 597. The predicted molar refractivity (Wildman–Crippen MR) is 92.5 cm³/mol. The highest BCUT2D eigenvalue weighted by Gasteiger charge is 2.26. The number of carbonyl (C=O) groups excluding carboxylic acids is 3. The summed E-state index contributed by atoms with van der Waals surface area (Å²) in [4.78, 5) is 40.7. The van der Waals surface area contributed by atoms with E-state index in [0.717, 1.165) is 10.7 Å². The van der Waals surface area contributed by atoms with Crippen LogP contribution in [0, 0.1) is 12.8 Å². The Labute approximate surface area is 148 Å². The molecule has 24 heavy (non-hydrogen) atoms. The highest BCUT2D eigenvalue weighted by molar-refractivity contribution is 7.99. The largest absolute Gasteiger partial charge is 0.455 e. The summed E-state index contributed by atoms with van der Waals surface area (Å²) in [7, 11) is 0. The summed E-state index contributed by atoms with van der Waals surface area (Å²) in [5, 5.41) is 2.96. The Morgan fingerprint density at radius 2 is 2.12 bits per heavy atom. The molecule has 2 amide bonds. The molecule has 0 atom stereocenters. The quantitative estimate of drug-likeness (QED) is 0.716. The molecule has 0 unspecified atom stereocenters. The molecule has 0 aliphatic carbocycles. The van der Waals surface area contributed by atoms with Gasteiger partial charge in [-0.25, -0.2) is 4.98 Å². The van der Waals surface area contributed by atoms with Crippen LogP contribution in [-0.2, 0) is 24.9 Å². The number of aryl methyl sites for hydroxylation is 1. The van der Waals surface area contributed by atoms with Gasteiger partial charge in [-0.2, -0.15) is 0 Å². The molecule has 2 rings (SSSR count). The number of nitrogens with two attached hydrogens (primary N) is 1. The summed E-state index contributed by atoms with van der Waals surface area (Å²) in [6.45, 7) is 2.63. The first kappa shape index (κ1) is 18.7. The number of nitrogens with zero attached hydrogens (tertiary/aromatic N) is 2. The van der Waals surface area contributed by atoms with Crippen molar-refractivity contribution in [3.05, 3.63) is 16.1 Å².